The predicted molar refractivity (Wildman–Crippen MR) is 78.4 cm³/mol. The SMILES string of the molecule is COc1ccc(C2COc3c(ccc(O)c3C)C2=O)cc1. The number of phenols is 1. The van der Waals surface area contributed by atoms with E-state index in [2.05, 4.69) is 0 Å². The van der Waals surface area contributed by atoms with Gasteiger partial charge in [0.25, 0.3) is 0 Å². The Hall–Kier alpha value is -2.49. The van der Waals surface area contributed by atoms with Crippen LogP contribution in [0, 0.1) is 6.92 Å². The highest BCUT2D eigenvalue weighted by Gasteiger charge is 2.31. The first kappa shape index (κ1) is 13.5. The fourth-order valence-electron chi connectivity index (χ4n) is 2.58. The van der Waals surface area contributed by atoms with E-state index in [0.717, 1.165) is 11.3 Å². The van der Waals surface area contributed by atoms with E-state index in [-0.39, 0.29) is 24.1 Å². The highest BCUT2D eigenvalue weighted by atomic mass is 16.5. The minimum Gasteiger partial charge on any atom is -0.508 e. The summed E-state index contributed by atoms with van der Waals surface area (Å²) >= 11 is 0. The zero-order valence-corrected chi connectivity index (χ0v) is 11.9. The van der Waals surface area contributed by atoms with Gasteiger partial charge in [-0.2, -0.15) is 0 Å². The van der Waals surface area contributed by atoms with E-state index in [9.17, 15) is 9.90 Å². The van der Waals surface area contributed by atoms with Crippen LogP contribution < -0.4 is 9.47 Å². The molecule has 2 aromatic carbocycles. The molecule has 1 aliphatic rings. The Balaban J connectivity index is 1.96. The second-order valence-electron chi connectivity index (χ2n) is 5.09. The number of phenolic OH excluding ortho intramolecular Hbond substituents is 1. The van der Waals surface area contributed by atoms with Gasteiger partial charge >= 0.3 is 0 Å². The lowest BCUT2D eigenvalue weighted by Gasteiger charge is -2.26. The van der Waals surface area contributed by atoms with Crippen molar-refractivity contribution in [2.75, 3.05) is 13.7 Å². The molecular formula is C17H16O4. The average Bonchev–Trinajstić information content (AvgIpc) is 2.52. The lowest BCUT2D eigenvalue weighted by Crippen LogP contribution is -2.26. The fraction of sp³-hybridized carbons (Fsp3) is 0.235. The minimum atomic E-state index is -0.327. The Kier molecular flexibility index (Phi) is 3.29. The monoisotopic (exact) mass is 284 g/mol. The first-order valence-electron chi connectivity index (χ1n) is 6.75. The molecule has 0 saturated heterocycles. The summed E-state index contributed by atoms with van der Waals surface area (Å²) in [5.41, 5.74) is 2.03. The Bertz CT molecular complexity index is 689. The van der Waals surface area contributed by atoms with Crippen LogP contribution in [0.2, 0.25) is 0 Å². The van der Waals surface area contributed by atoms with E-state index in [1.807, 2.05) is 24.3 Å². The summed E-state index contributed by atoms with van der Waals surface area (Å²) in [4.78, 5) is 12.6. The molecule has 1 atom stereocenters. The maximum atomic E-state index is 12.6. The molecule has 0 aromatic heterocycles. The van der Waals surface area contributed by atoms with Crippen LogP contribution in [0.1, 0.15) is 27.4 Å². The quantitative estimate of drug-likeness (QED) is 0.920. The van der Waals surface area contributed by atoms with Crippen LogP contribution in [0.4, 0.5) is 0 Å². The number of hydrogen-bond acceptors (Lipinski definition) is 4. The largest absolute Gasteiger partial charge is 0.508 e. The maximum Gasteiger partial charge on any atom is 0.177 e. The van der Waals surface area contributed by atoms with E-state index in [0.29, 0.717) is 16.9 Å². The molecule has 1 heterocycles. The van der Waals surface area contributed by atoms with Gasteiger partial charge in [0.15, 0.2) is 5.78 Å². The molecule has 1 unspecified atom stereocenters. The number of rotatable bonds is 2. The van der Waals surface area contributed by atoms with Crippen LogP contribution in [0.3, 0.4) is 0 Å². The Morgan fingerprint density at radius 2 is 1.90 bits per heavy atom. The van der Waals surface area contributed by atoms with E-state index < -0.39 is 0 Å². The van der Waals surface area contributed by atoms with Crippen LogP contribution in [0.15, 0.2) is 36.4 Å². The Labute approximate surface area is 122 Å². The van der Waals surface area contributed by atoms with Crippen molar-refractivity contribution in [3.05, 3.63) is 53.1 Å². The Morgan fingerprint density at radius 1 is 1.19 bits per heavy atom. The van der Waals surface area contributed by atoms with Gasteiger partial charge in [-0.15, -0.1) is 0 Å². The average molecular weight is 284 g/mol. The third kappa shape index (κ3) is 2.23. The first-order chi connectivity index (χ1) is 10.1. The van der Waals surface area contributed by atoms with Crippen molar-refractivity contribution in [2.24, 2.45) is 0 Å². The van der Waals surface area contributed by atoms with E-state index in [1.54, 1.807) is 20.1 Å². The van der Waals surface area contributed by atoms with Gasteiger partial charge in [0.05, 0.1) is 18.6 Å². The van der Waals surface area contributed by atoms with Gasteiger partial charge in [-0.25, -0.2) is 0 Å². The number of methoxy groups -OCH3 is 1. The van der Waals surface area contributed by atoms with Gasteiger partial charge in [0.2, 0.25) is 0 Å². The molecule has 108 valence electrons. The molecule has 0 spiro atoms. The molecule has 0 aliphatic carbocycles. The van der Waals surface area contributed by atoms with Crippen LogP contribution in [-0.4, -0.2) is 24.6 Å². The first-order valence-corrected chi connectivity index (χ1v) is 6.75. The number of ether oxygens (including phenoxy) is 2. The van der Waals surface area contributed by atoms with Gasteiger partial charge in [0, 0.05) is 5.56 Å². The molecule has 3 rings (SSSR count). The highest BCUT2D eigenvalue weighted by Crippen LogP contribution is 2.38. The van der Waals surface area contributed by atoms with Crippen molar-refractivity contribution in [2.45, 2.75) is 12.8 Å². The Morgan fingerprint density at radius 3 is 2.57 bits per heavy atom. The molecular weight excluding hydrogens is 268 g/mol. The van der Waals surface area contributed by atoms with Crippen molar-refractivity contribution in [1.82, 2.24) is 0 Å². The van der Waals surface area contributed by atoms with Gasteiger partial charge < -0.3 is 14.6 Å². The summed E-state index contributed by atoms with van der Waals surface area (Å²) in [5, 5.41) is 9.70. The molecule has 1 aliphatic heterocycles. The number of carbonyl (C=O) groups excluding carboxylic acids is 1. The van der Waals surface area contributed by atoms with Crippen LogP contribution in [0.5, 0.6) is 17.2 Å². The lowest BCUT2D eigenvalue weighted by atomic mass is 9.88. The summed E-state index contributed by atoms with van der Waals surface area (Å²) in [5.74, 6) is 1.08. The van der Waals surface area contributed by atoms with E-state index >= 15 is 0 Å². The number of ketones is 1. The van der Waals surface area contributed by atoms with Crippen LogP contribution in [-0.2, 0) is 0 Å². The number of benzene rings is 2. The molecule has 0 bridgehead atoms. The summed E-state index contributed by atoms with van der Waals surface area (Å²) in [6.45, 7) is 2.03. The van der Waals surface area contributed by atoms with Gasteiger partial charge in [-0.05, 0) is 36.8 Å². The summed E-state index contributed by atoms with van der Waals surface area (Å²) < 4.78 is 10.8. The number of aromatic hydroxyl groups is 1. The third-order valence-corrected chi connectivity index (χ3v) is 3.87. The normalized spacial score (nSPS) is 17.0. The zero-order valence-electron chi connectivity index (χ0n) is 11.9. The fourth-order valence-corrected chi connectivity index (χ4v) is 2.58. The molecule has 4 heteroatoms. The summed E-state index contributed by atoms with van der Waals surface area (Å²) in [6, 6.07) is 10.6. The second-order valence-corrected chi connectivity index (χ2v) is 5.09. The van der Waals surface area contributed by atoms with Crippen molar-refractivity contribution in [3.8, 4) is 17.2 Å². The molecule has 0 amide bonds. The molecule has 21 heavy (non-hydrogen) atoms. The molecule has 2 aromatic rings. The topological polar surface area (TPSA) is 55.8 Å². The zero-order chi connectivity index (χ0) is 15.0. The van der Waals surface area contributed by atoms with E-state index in [4.69, 9.17) is 9.47 Å². The summed E-state index contributed by atoms with van der Waals surface area (Å²) in [6.07, 6.45) is 0. The van der Waals surface area contributed by atoms with Gasteiger partial charge in [-0.3, -0.25) is 4.79 Å². The molecule has 0 fully saturated rings. The third-order valence-electron chi connectivity index (χ3n) is 3.87. The smallest absolute Gasteiger partial charge is 0.177 e. The molecule has 0 radical (unpaired) electrons. The van der Waals surface area contributed by atoms with Crippen LogP contribution >= 0.6 is 0 Å². The minimum absolute atomic E-state index is 0.0181. The highest BCUT2D eigenvalue weighted by molar-refractivity contribution is 6.04. The van der Waals surface area contributed by atoms with Crippen LogP contribution in [0.25, 0.3) is 0 Å². The molecule has 4 nitrogen and oxygen atoms in total. The number of Topliss-reactive ketones (excluding diaryl/α,β-unsaturated/α-hetero) is 1. The molecule has 0 saturated carbocycles. The molecule has 1 N–H and O–H groups in total. The number of fused-ring (bicyclic) bond motifs is 1. The van der Waals surface area contributed by atoms with Gasteiger partial charge in [-0.1, -0.05) is 12.1 Å². The van der Waals surface area contributed by atoms with E-state index in [1.165, 1.54) is 6.07 Å². The number of hydrogen-bond donors (Lipinski definition) is 1. The van der Waals surface area contributed by atoms with Crippen molar-refractivity contribution in [1.29, 1.82) is 0 Å². The second kappa shape index (κ2) is 5.13. The van der Waals surface area contributed by atoms with Crippen molar-refractivity contribution >= 4 is 5.78 Å². The maximum absolute atomic E-state index is 12.6. The lowest BCUT2D eigenvalue weighted by molar-refractivity contribution is 0.0895. The number of carbonyl (C=O) groups is 1. The standard InChI is InChI=1S/C17H16O4/c1-10-15(18)8-7-13-16(19)14(9-21-17(10)13)11-3-5-12(20-2)6-4-11/h3-8,14,18H,9H2,1-2H3. The van der Waals surface area contributed by atoms with Crippen molar-refractivity contribution < 1.29 is 19.4 Å². The van der Waals surface area contributed by atoms with Gasteiger partial charge in [0.1, 0.15) is 23.9 Å². The van der Waals surface area contributed by atoms with Crippen molar-refractivity contribution in [3.63, 3.8) is 0 Å². The predicted octanol–water partition coefficient (Wildman–Crippen LogP) is 3.07. The summed E-state index contributed by atoms with van der Waals surface area (Å²) in [7, 11) is 1.61.